The predicted molar refractivity (Wildman–Crippen MR) is 158 cm³/mol. The minimum atomic E-state index is -0.569. The zero-order valence-corrected chi connectivity index (χ0v) is 25.2. The summed E-state index contributed by atoms with van der Waals surface area (Å²) in [5, 5.41) is 8.37. The molecule has 1 fully saturated rings. The molecule has 1 unspecified atom stereocenters. The van der Waals surface area contributed by atoms with Crippen molar-refractivity contribution in [2.45, 2.75) is 71.8 Å². The van der Waals surface area contributed by atoms with Gasteiger partial charge in [0.1, 0.15) is 11.3 Å². The number of likely N-dealkylation sites (tertiary alicyclic amines) is 1. The van der Waals surface area contributed by atoms with E-state index < -0.39 is 5.60 Å². The van der Waals surface area contributed by atoms with Crippen molar-refractivity contribution in [3.05, 3.63) is 63.4 Å². The van der Waals surface area contributed by atoms with Crippen LogP contribution in [0.3, 0.4) is 0 Å². The molecule has 1 N–H and O–H groups in total. The van der Waals surface area contributed by atoms with Gasteiger partial charge in [-0.1, -0.05) is 11.6 Å². The third-order valence-corrected chi connectivity index (χ3v) is 7.37. The molecule has 1 atom stereocenters. The Hall–Kier alpha value is -4.19. The Labute approximate surface area is 248 Å². The first-order valence-corrected chi connectivity index (χ1v) is 14.3. The highest BCUT2D eigenvalue weighted by atomic mass is 35.5. The first-order valence-electron chi connectivity index (χ1n) is 14.0. The number of halogens is 1. The third kappa shape index (κ3) is 6.18. The van der Waals surface area contributed by atoms with E-state index in [4.69, 9.17) is 21.3 Å². The summed E-state index contributed by atoms with van der Waals surface area (Å²) in [6, 6.07) is 5.06. The zero-order valence-electron chi connectivity index (χ0n) is 24.4. The molecule has 5 rings (SSSR count). The molecule has 13 heteroatoms. The van der Waals surface area contributed by atoms with Gasteiger partial charge < -0.3 is 19.6 Å². The van der Waals surface area contributed by atoms with Crippen molar-refractivity contribution < 1.29 is 14.3 Å². The Morgan fingerprint density at radius 2 is 2.02 bits per heavy atom. The van der Waals surface area contributed by atoms with Crippen molar-refractivity contribution in [1.29, 1.82) is 0 Å². The topological polar surface area (TPSA) is 131 Å². The number of nitrogens with zero attached hydrogens (tertiary/aromatic N) is 7. The van der Waals surface area contributed by atoms with Gasteiger partial charge in [-0.05, 0) is 58.7 Å². The number of carbonyl (C=O) groups is 2. The summed E-state index contributed by atoms with van der Waals surface area (Å²) >= 11 is 6.28. The summed E-state index contributed by atoms with van der Waals surface area (Å²) in [5.41, 5.74) is 1.08. The Bertz CT molecular complexity index is 1680. The van der Waals surface area contributed by atoms with Crippen molar-refractivity contribution in [3.8, 4) is 11.4 Å². The highest BCUT2D eigenvalue weighted by Gasteiger charge is 2.32. The van der Waals surface area contributed by atoms with Gasteiger partial charge in [-0.15, -0.1) is 0 Å². The minimum Gasteiger partial charge on any atom is -0.444 e. The maximum atomic E-state index is 13.7. The van der Waals surface area contributed by atoms with Crippen LogP contribution in [0.2, 0.25) is 5.02 Å². The number of hydrogen-bond acceptors (Lipinski definition) is 7. The van der Waals surface area contributed by atoms with Crippen LogP contribution in [0.4, 0.5) is 4.79 Å². The number of fused-ring (bicyclic) bond motifs is 1. The van der Waals surface area contributed by atoms with Crippen LogP contribution >= 0.6 is 11.6 Å². The smallest absolute Gasteiger partial charge is 0.410 e. The molecule has 0 aliphatic carbocycles. The molecule has 222 valence electrons. The average molecular weight is 595 g/mol. The van der Waals surface area contributed by atoms with Crippen LogP contribution in [0.5, 0.6) is 0 Å². The number of aromatic amines is 1. The van der Waals surface area contributed by atoms with E-state index in [0.717, 1.165) is 12.8 Å². The average Bonchev–Trinajstić information content (AvgIpc) is 3.68. The number of benzene rings is 1. The lowest BCUT2D eigenvalue weighted by Gasteiger charge is -2.28. The van der Waals surface area contributed by atoms with Crippen molar-refractivity contribution in [2.24, 2.45) is 0 Å². The van der Waals surface area contributed by atoms with E-state index in [2.05, 4.69) is 15.2 Å². The SMILES string of the molecule is CCn1[nH]cc(CN(C)C(=O)c2nc(-c3cnn(CC4CCCN4C(=O)OC(C)(C)C)c3)nc3ccc(Cl)cc23)c1=O. The number of aryl methyl sites for hydroxylation is 1. The molecule has 0 saturated carbocycles. The van der Waals surface area contributed by atoms with E-state index in [1.165, 1.54) is 9.58 Å². The van der Waals surface area contributed by atoms with E-state index in [9.17, 15) is 14.4 Å². The lowest BCUT2D eigenvalue weighted by atomic mass is 10.1. The molecule has 1 aliphatic heterocycles. The molecule has 0 spiro atoms. The molecule has 4 aromatic rings. The fourth-order valence-corrected chi connectivity index (χ4v) is 5.25. The molecular formula is C29H35ClN8O4. The Morgan fingerprint density at radius 3 is 2.74 bits per heavy atom. The van der Waals surface area contributed by atoms with Crippen molar-refractivity contribution >= 4 is 34.5 Å². The van der Waals surface area contributed by atoms with Crippen LogP contribution in [0.1, 0.15) is 56.6 Å². The van der Waals surface area contributed by atoms with Crippen molar-refractivity contribution in [3.63, 3.8) is 0 Å². The molecule has 12 nitrogen and oxygen atoms in total. The summed E-state index contributed by atoms with van der Waals surface area (Å²) in [6.45, 7) is 9.16. The summed E-state index contributed by atoms with van der Waals surface area (Å²) in [7, 11) is 1.62. The molecule has 2 amide bonds. The summed E-state index contributed by atoms with van der Waals surface area (Å²) < 4.78 is 8.82. The number of hydrogen-bond donors (Lipinski definition) is 1. The fraction of sp³-hybridized carbons (Fsp3) is 0.448. The number of nitrogens with one attached hydrogen (secondary N) is 1. The van der Waals surface area contributed by atoms with Crippen LogP contribution in [-0.2, 0) is 24.4 Å². The molecule has 4 heterocycles. The van der Waals surface area contributed by atoms with Crippen LogP contribution in [0.15, 0.2) is 41.6 Å². The number of H-pyrrole nitrogens is 1. The Balaban J connectivity index is 1.41. The number of rotatable bonds is 7. The predicted octanol–water partition coefficient (Wildman–Crippen LogP) is 4.33. The van der Waals surface area contributed by atoms with Crippen molar-refractivity contribution in [2.75, 3.05) is 13.6 Å². The Kier molecular flexibility index (Phi) is 8.09. The van der Waals surface area contributed by atoms with Gasteiger partial charge in [0.05, 0.1) is 42.0 Å². The monoisotopic (exact) mass is 594 g/mol. The first-order chi connectivity index (χ1) is 19.9. The third-order valence-electron chi connectivity index (χ3n) is 7.14. The van der Waals surface area contributed by atoms with Crippen LogP contribution in [0, 0.1) is 0 Å². The van der Waals surface area contributed by atoms with Gasteiger partial charge in [0.15, 0.2) is 5.82 Å². The van der Waals surface area contributed by atoms with Crippen LogP contribution in [0.25, 0.3) is 22.3 Å². The van der Waals surface area contributed by atoms with Gasteiger partial charge in [0, 0.05) is 42.9 Å². The maximum absolute atomic E-state index is 13.7. The quantitative estimate of drug-likeness (QED) is 0.337. The molecule has 1 aromatic carbocycles. The second kappa shape index (κ2) is 11.6. The number of ether oxygens (including phenoxy) is 1. The van der Waals surface area contributed by atoms with E-state index in [1.54, 1.807) is 47.2 Å². The standard InChI is InChI=1S/C29H35ClN8O4/c1-6-38-26(39)19(14-32-38)15-35(5)27(40)24-22-12-20(30)9-10-23(22)33-25(34-24)18-13-31-36(16-18)17-21-8-7-11-37(21)28(41)42-29(2,3)4/h9-10,12-14,16,21,32H,6-8,11,15,17H2,1-5H3. The van der Waals surface area contributed by atoms with Gasteiger partial charge in [-0.25, -0.2) is 14.8 Å². The second-order valence-corrected chi connectivity index (χ2v) is 11.9. The Morgan fingerprint density at radius 1 is 1.24 bits per heavy atom. The van der Waals surface area contributed by atoms with Crippen molar-refractivity contribution in [1.82, 2.24) is 39.3 Å². The summed E-state index contributed by atoms with van der Waals surface area (Å²) in [5.74, 6) is -0.0425. The zero-order chi connectivity index (χ0) is 30.2. The van der Waals surface area contributed by atoms with Gasteiger partial charge >= 0.3 is 6.09 Å². The second-order valence-electron chi connectivity index (χ2n) is 11.5. The number of aromatic nitrogens is 6. The lowest BCUT2D eigenvalue weighted by molar-refractivity contribution is 0.0211. The normalized spacial score (nSPS) is 15.4. The fourth-order valence-electron chi connectivity index (χ4n) is 5.08. The van der Waals surface area contributed by atoms with E-state index in [-0.39, 0.29) is 35.8 Å². The van der Waals surface area contributed by atoms with Gasteiger partial charge in [0.25, 0.3) is 11.5 Å². The highest BCUT2D eigenvalue weighted by Crippen LogP contribution is 2.27. The first kappa shape index (κ1) is 29.3. The summed E-state index contributed by atoms with van der Waals surface area (Å²) in [6.07, 6.45) is 6.48. The van der Waals surface area contributed by atoms with E-state index in [0.29, 0.717) is 52.5 Å². The summed E-state index contributed by atoms with van der Waals surface area (Å²) in [4.78, 5) is 51.5. The molecule has 0 bridgehead atoms. The molecular weight excluding hydrogens is 560 g/mol. The molecule has 3 aromatic heterocycles. The molecule has 1 saturated heterocycles. The largest absolute Gasteiger partial charge is 0.444 e. The molecule has 42 heavy (non-hydrogen) atoms. The minimum absolute atomic E-state index is 0.0521. The van der Waals surface area contributed by atoms with Crippen LogP contribution in [-0.4, -0.2) is 76.6 Å². The van der Waals surface area contributed by atoms with E-state index in [1.807, 2.05) is 33.9 Å². The number of carbonyl (C=O) groups excluding carboxylic acids is 2. The van der Waals surface area contributed by atoms with Gasteiger partial charge in [-0.3, -0.25) is 19.0 Å². The van der Waals surface area contributed by atoms with Gasteiger partial charge in [0.2, 0.25) is 0 Å². The number of amides is 2. The molecule has 1 aliphatic rings. The van der Waals surface area contributed by atoms with Crippen LogP contribution < -0.4 is 5.56 Å². The maximum Gasteiger partial charge on any atom is 0.410 e. The highest BCUT2D eigenvalue weighted by molar-refractivity contribution is 6.31. The lowest BCUT2D eigenvalue weighted by Crippen LogP contribution is -2.41. The van der Waals surface area contributed by atoms with Gasteiger partial charge in [-0.2, -0.15) is 5.10 Å². The molecule has 0 radical (unpaired) electrons. The van der Waals surface area contributed by atoms with E-state index >= 15 is 0 Å².